The summed E-state index contributed by atoms with van der Waals surface area (Å²) >= 11 is 0. The van der Waals surface area contributed by atoms with Crippen molar-refractivity contribution in [2.75, 3.05) is 45.9 Å². The highest BCUT2D eigenvalue weighted by Gasteiger charge is 2.47. The molecule has 6 bridgehead atoms. The van der Waals surface area contributed by atoms with Gasteiger partial charge in [0, 0.05) is 38.8 Å². The molecule has 40 heavy (non-hydrogen) atoms. The van der Waals surface area contributed by atoms with Gasteiger partial charge in [0.2, 0.25) is 21.8 Å². The third-order valence-corrected chi connectivity index (χ3v) is 9.92. The number of rotatable bonds is 4. The highest BCUT2D eigenvalue weighted by atomic mass is 32.2. The van der Waals surface area contributed by atoms with E-state index in [-0.39, 0.29) is 49.5 Å². The first kappa shape index (κ1) is 29.3. The summed E-state index contributed by atoms with van der Waals surface area (Å²) in [6.45, 7) is 3.31. The Balaban J connectivity index is 1.47. The number of nitrogens with zero attached hydrogens (tertiary/aromatic N) is 3. The minimum Gasteiger partial charge on any atom is -0.388 e. The number of hydrogen-bond donors (Lipinski definition) is 3. The average molecular weight is 585 g/mol. The molecule has 2 amide bonds. The first-order valence-corrected chi connectivity index (χ1v) is 15.2. The first-order chi connectivity index (χ1) is 19.1. The summed E-state index contributed by atoms with van der Waals surface area (Å²) in [6, 6.07) is 3.88. The van der Waals surface area contributed by atoms with Crippen LogP contribution in [0.15, 0.2) is 29.2 Å². The average Bonchev–Trinajstić information content (AvgIpc) is 3.43. The highest BCUT2D eigenvalue weighted by molar-refractivity contribution is 7.89. The normalized spacial score (nSPS) is 34.7. The standard InChI is InChI=1S/C26H37FN4O8S/c1-2-6-29-12-17-10-20(29)26(35)30-7-8-38-18(13-30)14-31(40(36,37)19-5-3-4-16(27)9-19)15-22-25(34)24(33)21(39-22)11-23(32)28-17/h3-5,9,17-18,20-22,24-25,33-34H,2,6-8,10-15H2,1H3,(H,28,32)/t17-,18-,20-,21-,22+,24-,25+/m0/s1. The van der Waals surface area contributed by atoms with Crippen molar-refractivity contribution >= 4 is 21.8 Å². The number of nitrogens with one attached hydrogen (secondary N) is 1. The molecule has 0 aliphatic carbocycles. The minimum absolute atomic E-state index is 0.0978. The lowest BCUT2D eigenvalue weighted by molar-refractivity contribution is -0.144. The lowest BCUT2D eigenvalue weighted by atomic mass is 10.0. The SMILES string of the molecule is CCCN1C[C@@H]2C[C@H]1C(=O)N1CCO[C@@H](C1)CN(S(=O)(=O)c1cccc(F)c1)C[C@H]1O[C@@H](CC(=O)N2)[C@H](O)[C@@H]1O. The molecule has 4 heterocycles. The van der Waals surface area contributed by atoms with Crippen molar-refractivity contribution in [3.05, 3.63) is 30.1 Å². The van der Waals surface area contributed by atoms with Gasteiger partial charge in [-0.1, -0.05) is 13.0 Å². The van der Waals surface area contributed by atoms with E-state index in [9.17, 15) is 32.6 Å². The number of carbonyl (C=O) groups is 2. The number of fused-ring (bicyclic) bond motifs is 6. The van der Waals surface area contributed by atoms with Crippen molar-refractivity contribution in [1.82, 2.24) is 19.4 Å². The Hall–Kier alpha value is -2.20. The van der Waals surface area contributed by atoms with Crippen LogP contribution in [-0.2, 0) is 29.1 Å². The summed E-state index contributed by atoms with van der Waals surface area (Å²) in [4.78, 5) is 30.0. The largest absolute Gasteiger partial charge is 0.388 e. The van der Waals surface area contributed by atoms with Gasteiger partial charge in [-0.05, 0) is 37.6 Å². The van der Waals surface area contributed by atoms with Crippen LogP contribution in [-0.4, -0.2) is 133 Å². The maximum Gasteiger partial charge on any atom is 0.243 e. The number of sulfonamides is 1. The quantitative estimate of drug-likeness (QED) is 0.401. The molecule has 0 unspecified atom stereocenters. The van der Waals surface area contributed by atoms with E-state index in [1.165, 1.54) is 12.1 Å². The predicted octanol–water partition coefficient (Wildman–Crippen LogP) is -1.09. The number of ether oxygens (including phenoxy) is 2. The van der Waals surface area contributed by atoms with Crippen LogP contribution in [0.25, 0.3) is 0 Å². The topological polar surface area (TPSA) is 149 Å². The molecule has 12 nitrogen and oxygen atoms in total. The molecule has 0 radical (unpaired) electrons. The lowest BCUT2D eigenvalue weighted by Gasteiger charge is -2.38. The number of benzene rings is 1. The maximum atomic E-state index is 14.0. The Kier molecular flexibility index (Phi) is 8.76. The summed E-state index contributed by atoms with van der Waals surface area (Å²) in [7, 11) is -4.30. The van der Waals surface area contributed by atoms with Gasteiger partial charge in [0.25, 0.3) is 0 Å². The van der Waals surface area contributed by atoms with E-state index < -0.39 is 58.3 Å². The van der Waals surface area contributed by atoms with E-state index in [4.69, 9.17) is 9.47 Å². The van der Waals surface area contributed by atoms with E-state index in [1.54, 1.807) is 4.90 Å². The van der Waals surface area contributed by atoms with Crippen molar-refractivity contribution in [2.24, 2.45) is 0 Å². The number of hydrogen-bond acceptors (Lipinski definition) is 9. The van der Waals surface area contributed by atoms with Crippen molar-refractivity contribution in [3.8, 4) is 0 Å². The molecule has 0 spiro atoms. The van der Waals surface area contributed by atoms with Gasteiger partial charge in [-0.2, -0.15) is 4.31 Å². The fraction of sp³-hybridized carbons (Fsp3) is 0.692. The monoisotopic (exact) mass is 584 g/mol. The molecule has 3 N–H and O–H groups in total. The smallest absolute Gasteiger partial charge is 0.243 e. The second-order valence-corrected chi connectivity index (χ2v) is 12.9. The third kappa shape index (κ3) is 6.03. The number of halogens is 1. The molecule has 1 aromatic rings. The number of aliphatic hydroxyl groups is 2. The summed E-state index contributed by atoms with van der Waals surface area (Å²) in [6.07, 6.45) is -4.77. The highest BCUT2D eigenvalue weighted by Crippen LogP contribution is 2.29. The molecule has 0 saturated carbocycles. The van der Waals surface area contributed by atoms with Crippen molar-refractivity contribution in [3.63, 3.8) is 0 Å². The van der Waals surface area contributed by atoms with Gasteiger partial charge in [0.1, 0.15) is 24.1 Å². The zero-order valence-corrected chi connectivity index (χ0v) is 23.2. The molecular formula is C26H37FN4O8S. The van der Waals surface area contributed by atoms with Crippen molar-refractivity contribution in [1.29, 1.82) is 0 Å². The zero-order valence-electron chi connectivity index (χ0n) is 22.4. The Labute approximate surface area is 233 Å². The van der Waals surface area contributed by atoms with Crippen LogP contribution in [0.1, 0.15) is 26.2 Å². The van der Waals surface area contributed by atoms with Gasteiger partial charge in [-0.3, -0.25) is 14.5 Å². The van der Waals surface area contributed by atoms with E-state index in [0.29, 0.717) is 26.1 Å². The lowest BCUT2D eigenvalue weighted by Crippen LogP contribution is -2.55. The fourth-order valence-corrected chi connectivity index (χ4v) is 7.65. The molecule has 1 aromatic carbocycles. The van der Waals surface area contributed by atoms with Crippen LogP contribution in [0, 0.1) is 5.82 Å². The van der Waals surface area contributed by atoms with Crippen LogP contribution in [0.2, 0.25) is 0 Å². The molecular weight excluding hydrogens is 547 g/mol. The summed E-state index contributed by atoms with van der Waals surface area (Å²) in [5.74, 6) is -1.22. The predicted molar refractivity (Wildman–Crippen MR) is 139 cm³/mol. The van der Waals surface area contributed by atoms with Crippen LogP contribution in [0.3, 0.4) is 0 Å². The van der Waals surface area contributed by atoms with Gasteiger partial charge in [0.15, 0.2) is 0 Å². The zero-order chi connectivity index (χ0) is 28.6. The van der Waals surface area contributed by atoms with Gasteiger partial charge in [-0.15, -0.1) is 0 Å². The Morgan fingerprint density at radius 2 is 1.88 bits per heavy atom. The van der Waals surface area contributed by atoms with Gasteiger partial charge in [-0.25, -0.2) is 12.8 Å². The van der Waals surface area contributed by atoms with E-state index in [1.807, 2.05) is 6.92 Å². The molecule has 4 aliphatic rings. The first-order valence-electron chi connectivity index (χ1n) is 13.8. The molecule has 4 aliphatic heterocycles. The molecule has 5 rings (SSSR count). The van der Waals surface area contributed by atoms with Crippen molar-refractivity contribution < 1.29 is 42.1 Å². The minimum atomic E-state index is -4.30. The second kappa shape index (κ2) is 12.0. The molecule has 7 atom stereocenters. The molecule has 4 fully saturated rings. The molecule has 222 valence electrons. The Morgan fingerprint density at radius 1 is 1.10 bits per heavy atom. The number of carbonyl (C=O) groups excluding carboxylic acids is 2. The van der Waals surface area contributed by atoms with Crippen LogP contribution in [0.5, 0.6) is 0 Å². The summed E-state index contributed by atoms with van der Waals surface area (Å²) < 4.78 is 54.1. The Morgan fingerprint density at radius 3 is 2.62 bits per heavy atom. The van der Waals surface area contributed by atoms with Crippen molar-refractivity contribution in [2.45, 2.75) is 73.7 Å². The molecule has 14 heteroatoms. The van der Waals surface area contributed by atoms with E-state index in [0.717, 1.165) is 22.9 Å². The maximum absolute atomic E-state index is 14.0. The van der Waals surface area contributed by atoms with Crippen LogP contribution >= 0.6 is 0 Å². The van der Waals surface area contributed by atoms with Gasteiger partial charge < -0.3 is 29.9 Å². The molecule has 4 saturated heterocycles. The fourth-order valence-electron chi connectivity index (χ4n) is 6.13. The van der Waals surface area contributed by atoms with Gasteiger partial charge in [0.05, 0.1) is 36.2 Å². The summed E-state index contributed by atoms with van der Waals surface area (Å²) in [5.41, 5.74) is 0. The Bertz CT molecular complexity index is 1200. The summed E-state index contributed by atoms with van der Waals surface area (Å²) in [5, 5.41) is 24.4. The number of morpholine rings is 1. The number of likely N-dealkylation sites (tertiary alicyclic amines) is 1. The molecule has 0 aromatic heterocycles. The van der Waals surface area contributed by atoms with Crippen LogP contribution < -0.4 is 5.32 Å². The second-order valence-electron chi connectivity index (χ2n) is 11.0. The van der Waals surface area contributed by atoms with Gasteiger partial charge >= 0.3 is 0 Å². The third-order valence-electron chi connectivity index (χ3n) is 8.09. The van der Waals surface area contributed by atoms with E-state index >= 15 is 0 Å². The van der Waals surface area contributed by atoms with E-state index in [2.05, 4.69) is 10.2 Å². The number of amides is 2. The van der Waals surface area contributed by atoms with Crippen LogP contribution in [0.4, 0.5) is 4.39 Å². The number of aliphatic hydroxyl groups excluding tert-OH is 2.